The molecule has 2 nitrogen and oxygen atoms in total. The number of benzene rings is 1. The summed E-state index contributed by atoms with van der Waals surface area (Å²) in [5.74, 6) is 1.53. The van der Waals surface area contributed by atoms with Gasteiger partial charge in [-0.2, -0.15) is 0 Å². The van der Waals surface area contributed by atoms with E-state index in [4.69, 9.17) is 10.5 Å². The van der Waals surface area contributed by atoms with Crippen molar-refractivity contribution in [2.24, 2.45) is 0 Å². The number of methoxy groups -OCH3 is 1. The lowest BCUT2D eigenvalue weighted by Crippen LogP contribution is -2.05. The first-order valence-electron chi connectivity index (χ1n) is 5.74. The van der Waals surface area contributed by atoms with Crippen molar-refractivity contribution in [3.8, 4) is 5.75 Å². The second-order valence-corrected chi connectivity index (χ2v) is 4.34. The average Bonchev–Trinajstić information content (AvgIpc) is 2.31. The Labute approximate surface area is 91.4 Å². The molecule has 0 aromatic heterocycles. The SMILES string of the molecule is COc1cc(C2CCCCC2)ccc1N. The Morgan fingerprint density at radius 3 is 2.60 bits per heavy atom. The summed E-state index contributed by atoms with van der Waals surface area (Å²) in [4.78, 5) is 0. The van der Waals surface area contributed by atoms with Crippen LogP contribution in [0.2, 0.25) is 0 Å². The number of rotatable bonds is 2. The highest BCUT2D eigenvalue weighted by molar-refractivity contribution is 5.54. The van der Waals surface area contributed by atoms with E-state index in [0.29, 0.717) is 5.92 Å². The highest BCUT2D eigenvalue weighted by Gasteiger charge is 2.16. The molecule has 1 fully saturated rings. The lowest BCUT2D eigenvalue weighted by molar-refractivity contribution is 0.411. The molecule has 1 aliphatic carbocycles. The van der Waals surface area contributed by atoms with Crippen LogP contribution in [0.3, 0.4) is 0 Å². The van der Waals surface area contributed by atoms with Gasteiger partial charge in [0.1, 0.15) is 5.75 Å². The zero-order chi connectivity index (χ0) is 10.7. The molecule has 1 aromatic carbocycles. The van der Waals surface area contributed by atoms with E-state index in [-0.39, 0.29) is 0 Å². The minimum absolute atomic E-state index is 0.716. The van der Waals surface area contributed by atoms with E-state index < -0.39 is 0 Å². The maximum absolute atomic E-state index is 5.80. The lowest BCUT2D eigenvalue weighted by atomic mass is 9.84. The first kappa shape index (κ1) is 10.3. The molecule has 2 heteroatoms. The Balaban J connectivity index is 2.20. The Morgan fingerprint density at radius 1 is 1.20 bits per heavy atom. The van der Waals surface area contributed by atoms with Gasteiger partial charge in [-0.05, 0) is 36.5 Å². The molecule has 0 spiro atoms. The van der Waals surface area contributed by atoms with Crippen LogP contribution in [0.1, 0.15) is 43.6 Å². The molecule has 1 aliphatic rings. The first-order valence-corrected chi connectivity index (χ1v) is 5.74. The molecule has 0 bridgehead atoms. The van der Waals surface area contributed by atoms with Crippen molar-refractivity contribution in [2.75, 3.05) is 12.8 Å². The molecule has 15 heavy (non-hydrogen) atoms. The van der Waals surface area contributed by atoms with E-state index in [1.165, 1.54) is 37.7 Å². The highest BCUT2D eigenvalue weighted by atomic mass is 16.5. The van der Waals surface area contributed by atoms with Crippen molar-refractivity contribution >= 4 is 5.69 Å². The molecule has 0 unspecified atom stereocenters. The van der Waals surface area contributed by atoms with Crippen LogP contribution in [0.5, 0.6) is 5.75 Å². The number of anilines is 1. The third-order valence-electron chi connectivity index (χ3n) is 3.33. The van der Waals surface area contributed by atoms with Crippen molar-refractivity contribution < 1.29 is 4.74 Å². The zero-order valence-electron chi connectivity index (χ0n) is 9.33. The fraction of sp³-hybridized carbons (Fsp3) is 0.538. The van der Waals surface area contributed by atoms with Crippen molar-refractivity contribution in [3.63, 3.8) is 0 Å². The Morgan fingerprint density at radius 2 is 1.93 bits per heavy atom. The van der Waals surface area contributed by atoms with Gasteiger partial charge in [-0.1, -0.05) is 25.3 Å². The van der Waals surface area contributed by atoms with Crippen LogP contribution < -0.4 is 10.5 Å². The van der Waals surface area contributed by atoms with E-state index >= 15 is 0 Å². The van der Waals surface area contributed by atoms with Crippen molar-refractivity contribution in [1.29, 1.82) is 0 Å². The van der Waals surface area contributed by atoms with Gasteiger partial charge in [0, 0.05) is 0 Å². The van der Waals surface area contributed by atoms with Crippen molar-refractivity contribution in [3.05, 3.63) is 23.8 Å². The molecule has 0 amide bonds. The van der Waals surface area contributed by atoms with E-state index in [1.807, 2.05) is 6.07 Å². The summed E-state index contributed by atoms with van der Waals surface area (Å²) in [7, 11) is 1.68. The molecular weight excluding hydrogens is 186 g/mol. The Kier molecular flexibility index (Phi) is 3.14. The molecule has 1 aromatic rings. The largest absolute Gasteiger partial charge is 0.495 e. The van der Waals surface area contributed by atoms with Gasteiger partial charge in [0.25, 0.3) is 0 Å². The van der Waals surface area contributed by atoms with Crippen LogP contribution >= 0.6 is 0 Å². The Hall–Kier alpha value is -1.18. The van der Waals surface area contributed by atoms with Crippen LogP contribution in [-0.2, 0) is 0 Å². The number of hydrogen-bond acceptors (Lipinski definition) is 2. The molecule has 0 aliphatic heterocycles. The summed E-state index contributed by atoms with van der Waals surface area (Å²) >= 11 is 0. The predicted molar refractivity (Wildman–Crippen MR) is 63.2 cm³/mol. The molecule has 0 atom stereocenters. The zero-order valence-corrected chi connectivity index (χ0v) is 9.33. The van der Waals surface area contributed by atoms with Crippen LogP contribution in [0.25, 0.3) is 0 Å². The van der Waals surface area contributed by atoms with Gasteiger partial charge >= 0.3 is 0 Å². The molecular formula is C13H19NO. The van der Waals surface area contributed by atoms with Crippen LogP contribution in [0.15, 0.2) is 18.2 Å². The first-order chi connectivity index (χ1) is 7.31. The number of ether oxygens (including phenoxy) is 1. The summed E-state index contributed by atoms with van der Waals surface area (Å²) in [5, 5.41) is 0. The van der Waals surface area contributed by atoms with Crippen LogP contribution in [-0.4, -0.2) is 7.11 Å². The molecule has 2 N–H and O–H groups in total. The van der Waals surface area contributed by atoms with E-state index in [0.717, 1.165) is 11.4 Å². The average molecular weight is 205 g/mol. The second-order valence-electron chi connectivity index (χ2n) is 4.34. The number of nitrogen functional groups attached to an aromatic ring is 1. The Bertz CT molecular complexity index is 329. The summed E-state index contributed by atoms with van der Waals surface area (Å²) in [6.45, 7) is 0. The summed E-state index contributed by atoms with van der Waals surface area (Å²) in [6.07, 6.45) is 6.73. The van der Waals surface area contributed by atoms with Crippen LogP contribution in [0, 0.1) is 0 Å². The van der Waals surface area contributed by atoms with E-state index in [9.17, 15) is 0 Å². The fourth-order valence-corrected chi connectivity index (χ4v) is 2.42. The third kappa shape index (κ3) is 2.25. The van der Waals surface area contributed by atoms with Gasteiger partial charge in [0.2, 0.25) is 0 Å². The standard InChI is InChI=1S/C13H19NO/c1-15-13-9-11(7-8-12(13)14)10-5-3-2-4-6-10/h7-10H,2-6,14H2,1H3. The van der Waals surface area contributed by atoms with Gasteiger partial charge in [-0.15, -0.1) is 0 Å². The number of nitrogens with two attached hydrogens (primary N) is 1. The summed E-state index contributed by atoms with van der Waals surface area (Å²) < 4.78 is 5.25. The van der Waals surface area contributed by atoms with E-state index in [2.05, 4.69) is 12.1 Å². The number of hydrogen-bond donors (Lipinski definition) is 1. The van der Waals surface area contributed by atoms with Crippen molar-refractivity contribution in [1.82, 2.24) is 0 Å². The molecule has 82 valence electrons. The minimum atomic E-state index is 0.716. The normalized spacial score (nSPS) is 17.7. The quantitative estimate of drug-likeness (QED) is 0.752. The molecule has 2 rings (SSSR count). The molecule has 1 saturated carbocycles. The monoisotopic (exact) mass is 205 g/mol. The summed E-state index contributed by atoms with van der Waals surface area (Å²) in [6, 6.07) is 6.21. The smallest absolute Gasteiger partial charge is 0.142 e. The second kappa shape index (κ2) is 4.56. The predicted octanol–water partition coefficient (Wildman–Crippen LogP) is 3.33. The van der Waals surface area contributed by atoms with Gasteiger partial charge in [0.15, 0.2) is 0 Å². The topological polar surface area (TPSA) is 35.2 Å². The third-order valence-corrected chi connectivity index (χ3v) is 3.33. The fourth-order valence-electron chi connectivity index (χ4n) is 2.42. The highest BCUT2D eigenvalue weighted by Crippen LogP contribution is 2.35. The van der Waals surface area contributed by atoms with Gasteiger partial charge in [-0.3, -0.25) is 0 Å². The maximum Gasteiger partial charge on any atom is 0.142 e. The van der Waals surface area contributed by atoms with Crippen LogP contribution in [0.4, 0.5) is 5.69 Å². The van der Waals surface area contributed by atoms with E-state index in [1.54, 1.807) is 7.11 Å². The van der Waals surface area contributed by atoms with Gasteiger partial charge < -0.3 is 10.5 Å². The summed E-state index contributed by atoms with van der Waals surface area (Å²) in [5.41, 5.74) is 7.93. The lowest BCUT2D eigenvalue weighted by Gasteiger charge is -2.22. The minimum Gasteiger partial charge on any atom is -0.495 e. The molecule has 0 saturated heterocycles. The maximum atomic E-state index is 5.80. The van der Waals surface area contributed by atoms with Gasteiger partial charge in [-0.25, -0.2) is 0 Å². The molecule has 0 heterocycles. The van der Waals surface area contributed by atoms with Crippen molar-refractivity contribution in [2.45, 2.75) is 38.0 Å². The van der Waals surface area contributed by atoms with Gasteiger partial charge in [0.05, 0.1) is 12.8 Å². The molecule has 0 radical (unpaired) electrons.